The number of ether oxygens (including phenoxy) is 4. The topological polar surface area (TPSA) is 175 Å². The van der Waals surface area contributed by atoms with Crippen molar-refractivity contribution in [3.05, 3.63) is 0 Å². The maximum absolute atomic E-state index is 12.6. The molecule has 7 rings (SSSR count). The Kier molecular flexibility index (Phi) is 8.01. The normalized spacial score (nSPS) is 56.1. The van der Waals surface area contributed by atoms with Crippen LogP contribution in [0, 0.1) is 50.7 Å². The number of hydrogen-bond acceptors (Lipinski definition) is 11. The van der Waals surface area contributed by atoms with E-state index in [4.69, 9.17) is 18.9 Å². The van der Waals surface area contributed by atoms with E-state index < -0.39 is 71.1 Å². The van der Waals surface area contributed by atoms with Crippen LogP contribution in [0.4, 0.5) is 0 Å². The van der Waals surface area contributed by atoms with Crippen LogP contribution in [0.15, 0.2) is 0 Å². The van der Waals surface area contributed by atoms with Crippen LogP contribution in [0.3, 0.4) is 0 Å². The van der Waals surface area contributed by atoms with Crippen LogP contribution in [-0.4, -0.2) is 104 Å². The summed E-state index contributed by atoms with van der Waals surface area (Å²) in [4.78, 5) is 12.1. The molecule has 0 bridgehead atoms. The van der Waals surface area contributed by atoms with Gasteiger partial charge in [-0.2, -0.15) is 0 Å². The van der Waals surface area contributed by atoms with E-state index in [9.17, 15) is 35.4 Å². The van der Waals surface area contributed by atoms with Gasteiger partial charge in [-0.25, -0.2) is 0 Å². The molecule has 0 aromatic rings. The molecule has 7 aliphatic rings. The van der Waals surface area contributed by atoms with Crippen LogP contribution in [0.2, 0.25) is 0 Å². The third kappa shape index (κ3) is 4.41. The molecule has 7 fully saturated rings. The molecule has 6 N–H and O–H groups in total. The van der Waals surface area contributed by atoms with Crippen molar-refractivity contribution < 1.29 is 54.4 Å². The van der Waals surface area contributed by atoms with E-state index in [1.54, 1.807) is 13.8 Å². The fourth-order valence-electron chi connectivity index (χ4n) is 13.8. The average molecular weight is 681 g/mol. The van der Waals surface area contributed by atoms with Crippen molar-refractivity contribution in [1.82, 2.24) is 0 Å². The molecular weight excluding hydrogens is 620 g/mol. The minimum absolute atomic E-state index is 0.0222. The summed E-state index contributed by atoms with van der Waals surface area (Å²) in [5.74, 6) is -2.26. The van der Waals surface area contributed by atoms with Crippen LogP contribution in [0.25, 0.3) is 0 Å². The van der Waals surface area contributed by atoms with Gasteiger partial charge in [0.2, 0.25) is 0 Å². The highest BCUT2D eigenvalue weighted by Gasteiger charge is 2.86. The highest BCUT2D eigenvalue weighted by Crippen LogP contribution is 2.89. The molecule has 0 aromatic carbocycles. The second-order valence-corrected chi connectivity index (χ2v) is 18.8. The minimum Gasteiger partial charge on any atom is -0.457 e. The van der Waals surface area contributed by atoms with Gasteiger partial charge in [0.1, 0.15) is 30.5 Å². The molecule has 2 spiro atoms. The summed E-state index contributed by atoms with van der Waals surface area (Å²) in [6.07, 6.45) is -0.902. The number of aliphatic hydroxyl groups is 6. The third-order valence-corrected chi connectivity index (χ3v) is 15.9. The largest absolute Gasteiger partial charge is 0.457 e. The first kappa shape index (κ1) is 35.5. The monoisotopic (exact) mass is 680 g/mol. The van der Waals surface area contributed by atoms with E-state index in [0.717, 1.165) is 44.9 Å². The maximum atomic E-state index is 12.6. The van der Waals surface area contributed by atoms with Crippen molar-refractivity contribution in [1.29, 1.82) is 0 Å². The van der Waals surface area contributed by atoms with E-state index in [1.165, 1.54) is 6.92 Å². The quantitative estimate of drug-likeness (QED) is 0.186. The first-order valence-electron chi connectivity index (χ1n) is 18.4. The molecule has 0 aromatic heterocycles. The predicted molar refractivity (Wildman–Crippen MR) is 172 cm³/mol. The molecule has 2 saturated heterocycles. The Morgan fingerprint density at radius 3 is 2.23 bits per heavy atom. The van der Waals surface area contributed by atoms with Crippen molar-refractivity contribution >= 4 is 5.97 Å². The van der Waals surface area contributed by atoms with Crippen molar-refractivity contribution in [2.45, 2.75) is 167 Å². The number of carbonyl (C=O) groups is 1. The highest BCUT2D eigenvalue weighted by molar-refractivity contribution is 5.66. The van der Waals surface area contributed by atoms with E-state index in [2.05, 4.69) is 34.6 Å². The van der Waals surface area contributed by atoms with Crippen molar-refractivity contribution in [2.75, 3.05) is 6.61 Å². The van der Waals surface area contributed by atoms with Crippen molar-refractivity contribution in [3.63, 3.8) is 0 Å². The Labute approximate surface area is 284 Å². The first-order valence-corrected chi connectivity index (χ1v) is 18.4. The number of carbonyl (C=O) groups excluding carboxylic acids is 1. The summed E-state index contributed by atoms with van der Waals surface area (Å²) < 4.78 is 24.2. The molecule has 274 valence electrons. The van der Waals surface area contributed by atoms with Crippen LogP contribution < -0.4 is 0 Å². The van der Waals surface area contributed by atoms with Gasteiger partial charge in [-0.1, -0.05) is 34.6 Å². The highest BCUT2D eigenvalue weighted by atomic mass is 16.7. The van der Waals surface area contributed by atoms with Crippen LogP contribution in [0.5, 0.6) is 0 Å². The summed E-state index contributed by atoms with van der Waals surface area (Å²) in [6, 6.07) is 0. The Hall–Kier alpha value is -0.890. The van der Waals surface area contributed by atoms with E-state index in [0.29, 0.717) is 12.3 Å². The molecule has 2 heterocycles. The van der Waals surface area contributed by atoms with Gasteiger partial charge in [0.05, 0.1) is 18.3 Å². The fraction of sp³-hybridized carbons (Fsp3) is 0.973. The van der Waals surface area contributed by atoms with Gasteiger partial charge in [0, 0.05) is 18.3 Å². The Morgan fingerprint density at radius 1 is 0.938 bits per heavy atom. The number of fused-ring (bicyclic) bond motifs is 4. The summed E-state index contributed by atoms with van der Waals surface area (Å²) in [7, 11) is 0. The van der Waals surface area contributed by atoms with E-state index >= 15 is 0 Å². The van der Waals surface area contributed by atoms with Gasteiger partial charge < -0.3 is 49.6 Å². The molecular formula is C37H60O11. The van der Waals surface area contributed by atoms with E-state index in [-0.39, 0.29) is 46.7 Å². The van der Waals surface area contributed by atoms with Crippen molar-refractivity contribution in [2.24, 2.45) is 50.7 Å². The number of esters is 1. The van der Waals surface area contributed by atoms with Crippen LogP contribution in [-0.2, 0) is 23.7 Å². The lowest BCUT2D eigenvalue weighted by Crippen LogP contribution is -2.62. The zero-order chi connectivity index (χ0) is 35.2. The SMILES string of the molecule is CC(=O)O[C@H]([C@H]1C[C@@H](C)[C@H]2[C@@](O)(O1)[C@H](O)[C@@]1(C)[C@@H]3CC[C@H]4C(C)(C)[C@@H](O[C@@H]5OC[C@H](O)[C@H](O)[C@H]5O)CC[C@@]45C[C@@]35CC[C@]21C)C(C)(C)O. The molecule has 48 heavy (non-hydrogen) atoms. The first-order chi connectivity index (χ1) is 22.1. The van der Waals surface area contributed by atoms with Crippen LogP contribution >= 0.6 is 0 Å². The van der Waals surface area contributed by atoms with Gasteiger partial charge in [-0.3, -0.25) is 4.79 Å². The molecule has 11 heteroatoms. The smallest absolute Gasteiger partial charge is 0.303 e. The molecule has 11 nitrogen and oxygen atoms in total. The van der Waals surface area contributed by atoms with Gasteiger partial charge in [-0.05, 0) is 105 Å². The maximum Gasteiger partial charge on any atom is 0.303 e. The van der Waals surface area contributed by atoms with Crippen LogP contribution in [0.1, 0.15) is 107 Å². The molecule has 17 atom stereocenters. The Balaban J connectivity index is 1.17. The van der Waals surface area contributed by atoms with Gasteiger partial charge >= 0.3 is 5.97 Å². The summed E-state index contributed by atoms with van der Waals surface area (Å²) in [6.45, 7) is 15.4. The Morgan fingerprint density at radius 2 is 1.58 bits per heavy atom. The predicted octanol–water partition coefficient (Wildman–Crippen LogP) is 2.65. The Bertz CT molecular complexity index is 1300. The summed E-state index contributed by atoms with van der Waals surface area (Å²) >= 11 is 0. The zero-order valence-corrected chi connectivity index (χ0v) is 30.0. The zero-order valence-electron chi connectivity index (χ0n) is 30.0. The minimum atomic E-state index is -1.86. The summed E-state index contributed by atoms with van der Waals surface area (Å²) in [5, 5.41) is 67.0. The number of hydrogen-bond donors (Lipinski definition) is 6. The van der Waals surface area contributed by atoms with Gasteiger partial charge in [-0.15, -0.1) is 0 Å². The second-order valence-electron chi connectivity index (χ2n) is 18.8. The molecule has 0 amide bonds. The van der Waals surface area contributed by atoms with Gasteiger partial charge in [0.15, 0.2) is 18.2 Å². The molecule has 2 aliphatic heterocycles. The lowest BCUT2D eigenvalue weighted by molar-refractivity contribution is -0.342. The van der Waals surface area contributed by atoms with E-state index in [1.807, 2.05) is 0 Å². The van der Waals surface area contributed by atoms with Gasteiger partial charge in [0.25, 0.3) is 0 Å². The molecule has 5 aliphatic carbocycles. The molecule has 5 saturated carbocycles. The molecule has 0 unspecified atom stereocenters. The lowest BCUT2D eigenvalue weighted by Gasteiger charge is -2.63. The average Bonchev–Trinajstić information content (AvgIpc) is 3.62. The number of aliphatic hydroxyl groups excluding tert-OH is 4. The third-order valence-electron chi connectivity index (χ3n) is 15.9. The van der Waals surface area contributed by atoms with Crippen molar-refractivity contribution in [3.8, 4) is 0 Å². The summed E-state index contributed by atoms with van der Waals surface area (Å²) in [5.41, 5.74) is -2.59. The molecule has 0 radical (unpaired) electrons. The lowest BCUT2D eigenvalue weighted by atomic mass is 9.41. The standard InChI is InChI=1S/C37H60O11/c1-18-15-21(28(32(5,6)43)46-19(2)38)48-37(44)27(18)33(7)13-14-36-17-35(36)12-11-24(47-29-26(41)25(40)20(39)16-45-29)31(3,4)22(35)9-10-23(36)34(33,8)30(37)42/h18,20-30,39-44H,9-17H2,1-8H3/t18-,20+,21-,22+,23+,24+,25+,26-,27-,28-,29+,30-,33-,34-,35-,36+,37-/m1/s1. The number of rotatable bonds is 5. The fourth-order valence-corrected chi connectivity index (χ4v) is 13.8. The second kappa shape index (κ2) is 10.8.